The smallest absolute Gasteiger partial charge is 0.390 e. The van der Waals surface area contributed by atoms with Gasteiger partial charge in [0, 0.05) is 17.1 Å². The van der Waals surface area contributed by atoms with E-state index in [1.165, 1.54) is 17.8 Å². The van der Waals surface area contributed by atoms with Crippen LogP contribution in [-0.2, 0) is 0 Å². The van der Waals surface area contributed by atoms with Crippen LogP contribution >= 0.6 is 11.8 Å². The second-order valence-corrected chi connectivity index (χ2v) is 5.01. The number of nitrogens with one attached hydrogen (secondary N) is 1. The lowest BCUT2D eigenvalue weighted by Crippen LogP contribution is -2.16. The van der Waals surface area contributed by atoms with Crippen molar-refractivity contribution in [2.24, 2.45) is 0 Å². The first kappa shape index (κ1) is 15.7. The average molecular weight is 293 g/mol. The second kappa shape index (κ2) is 6.70. The quantitative estimate of drug-likeness (QED) is 0.782. The van der Waals surface area contributed by atoms with Crippen molar-refractivity contribution < 1.29 is 23.1 Å². The van der Waals surface area contributed by atoms with Crippen LogP contribution in [-0.4, -0.2) is 29.5 Å². The maximum atomic E-state index is 12.1. The third-order valence-corrected chi connectivity index (χ3v) is 3.20. The van der Waals surface area contributed by atoms with Crippen molar-refractivity contribution in [3.63, 3.8) is 0 Å². The molecule has 0 atom stereocenters. The summed E-state index contributed by atoms with van der Waals surface area (Å²) < 4.78 is 36.2. The van der Waals surface area contributed by atoms with Crippen molar-refractivity contribution in [1.82, 2.24) is 0 Å². The second-order valence-electron chi connectivity index (χ2n) is 3.71. The van der Waals surface area contributed by atoms with Crippen LogP contribution in [0, 0.1) is 0 Å². The highest BCUT2D eigenvalue weighted by Gasteiger charge is 2.26. The first-order valence-corrected chi connectivity index (χ1v) is 6.63. The monoisotopic (exact) mass is 293 g/mol. The number of carboxylic acids is 1. The highest BCUT2D eigenvalue weighted by atomic mass is 32.2. The van der Waals surface area contributed by atoms with Gasteiger partial charge in [-0.15, -0.1) is 11.8 Å². The topological polar surface area (TPSA) is 49.3 Å². The average Bonchev–Trinajstić information content (AvgIpc) is 2.27. The van der Waals surface area contributed by atoms with E-state index < -0.39 is 18.6 Å². The minimum Gasteiger partial charge on any atom is -0.478 e. The molecule has 0 spiro atoms. The first-order chi connectivity index (χ1) is 8.85. The highest BCUT2D eigenvalue weighted by Crippen LogP contribution is 2.29. The third-order valence-electron chi connectivity index (χ3n) is 2.26. The molecule has 3 nitrogen and oxygen atoms in total. The third kappa shape index (κ3) is 5.02. The van der Waals surface area contributed by atoms with E-state index in [1.54, 1.807) is 12.1 Å². The van der Waals surface area contributed by atoms with E-state index in [-0.39, 0.29) is 17.8 Å². The molecular formula is C12H14F3NO2S. The van der Waals surface area contributed by atoms with E-state index in [2.05, 4.69) is 5.32 Å². The maximum absolute atomic E-state index is 12.1. The maximum Gasteiger partial charge on any atom is 0.390 e. The predicted molar refractivity (Wildman–Crippen MR) is 69.0 cm³/mol. The summed E-state index contributed by atoms with van der Waals surface area (Å²) in [5, 5.41) is 11.7. The van der Waals surface area contributed by atoms with Gasteiger partial charge in [-0.3, -0.25) is 0 Å². The van der Waals surface area contributed by atoms with Gasteiger partial charge >= 0.3 is 12.1 Å². The zero-order valence-electron chi connectivity index (χ0n) is 10.3. The standard InChI is InChI=1S/C12H14F3NO2S/c1-2-19-9-5-3-4-8(10(9)11(17)18)16-7-6-12(13,14)15/h3-5,16H,2,6-7H2,1H3,(H,17,18). The van der Waals surface area contributed by atoms with E-state index in [9.17, 15) is 18.0 Å². The molecule has 1 rings (SSSR count). The summed E-state index contributed by atoms with van der Waals surface area (Å²) in [6.07, 6.45) is -5.26. The number of halogens is 3. The molecule has 19 heavy (non-hydrogen) atoms. The van der Waals surface area contributed by atoms with Crippen LogP contribution in [0.15, 0.2) is 23.1 Å². The number of hydrogen-bond donors (Lipinski definition) is 2. The fourth-order valence-corrected chi connectivity index (χ4v) is 2.34. The number of benzene rings is 1. The predicted octanol–water partition coefficient (Wildman–Crippen LogP) is 3.86. The molecule has 0 amide bonds. The fourth-order valence-electron chi connectivity index (χ4n) is 1.51. The minimum atomic E-state index is -4.26. The van der Waals surface area contributed by atoms with Crippen molar-refractivity contribution in [1.29, 1.82) is 0 Å². The number of rotatable bonds is 6. The Balaban J connectivity index is 2.87. The number of aromatic carboxylic acids is 1. The van der Waals surface area contributed by atoms with Crippen LogP contribution in [0.25, 0.3) is 0 Å². The lowest BCUT2D eigenvalue weighted by Gasteiger charge is -2.13. The molecule has 0 heterocycles. The number of thioether (sulfide) groups is 1. The molecule has 0 aliphatic heterocycles. The van der Waals surface area contributed by atoms with E-state index in [0.29, 0.717) is 10.6 Å². The Morgan fingerprint density at radius 1 is 1.42 bits per heavy atom. The zero-order valence-corrected chi connectivity index (χ0v) is 11.1. The molecule has 2 N–H and O–H groups in total. The molecule has 0 saturated heterocycles. The van der Waals surface area contributed by atoms with Crippen molar-refractivity contribution in [2.45, 2.75) is 24.4 Å². The van der Waals surface area contributed by atoms with Gasteiger partial charge in [0.15, 0.2) is 0 Å². The van der Waals surface area contributed by atoms with Crippen molar-refractivity contribution in [3.8, 4) is 0 Å². The fraction of sp³-hybridized carbons (Fsp3) is 0.417. The van der Waals surface area contributed by atoms with Crippen LogP contribution in [0.3, 0.4) is 0 Å². The molecule has 0 bridgehead atoms. The van der Waals surface area contributed by atoms with Gasteiger partial charge in [0.2, 0.25) is 0 Å². The highest BCUT2D eigenvalue weighted by molar-refractivity contribution is 7.99. The molecule has 0 radical (unpaired) electrons. The summed E-state index contributed by atoms with van der Waals surface area (Å²) in [5.74, 6) is -0.460. The Bertz CT molecular complexity index is 449. The number of carbonyl (C=O) groups is 1. The van der Waals surface area contributed by atoms with Crippen molar-refractivity contribution in [2.75, 3.05) is 17.6 Å². The normalized spacial score (nSPS) is 11.4. The molecule has 7 heteroatoms. The Labute approximate surface area is 113 Å². The molecule has 0 aliphatic rings. The zero-order chi connectivity index (χ0) is 14.5. The van der Waals surface area contributed by atoms with Gasteiger partial charge in [-0.05, 0) is 17.9 Å². The molecular weight excluding hydrogens is 279 g/mol. The lowest BCUT2D eigenvalue weighted by molar-refractivity contribution is -0.131. The van der Waals surface area contributed by atoms with Crippen molar-refractivity contribution in [3.05, 3.63) is 23.8 Å². The van der Waals surface area contributed by atoms with Gasteiger partial charge in [-0.2, -0.15) is 13.2 Å². The van der Waals surface area contributed by atoms with Crippen LogP contribution in [0.2, 0.25) is 0 Å². The SMILES string of the molecule is CCSc1cccc(NCCC(F)(F)F)c1C(=O)O. The molecule has 1 aromatic rings. The van der Waals surface area contributed by atoms with Crippen LogP contribution in [0.1, 0.15) is 23.7 Å². The van der Waals surface area contributed by atoms with Gasteiger partial charge in [-0.25, -0.2) is 4.79 Å². The van der Waals surface area contributed by atoms with Crippen LogP contribution in [0.5, 0.6) is 0 Å². The molecule has 0 aliphatic carbocycles. The number of anilines is 1. The molecule has 0 unspecified atom stereocenters. The summed E-state index contributed by atoms with van der Waals surface area (Å²) >= 11 is 1.34. The van der Waals surface area contributed by atoms with Gasteiger partial charge in [0.25, 0.3) is 0 Å². The summed E-state index contributed by atoms with van der Waals surface area (Å²) in [6.45, 7) is 1.53. The minimum absolute atomic E-state index is 0.0246. The van der Waals surface area contributed by atoms with Crippen molar-refractivity contribution >= 4 is 23.4 Å². The summed E-state index contributed by atoms with van der Waals surface area (Å²) in [7, 11) is 0. The number of carboxylic acid groups (broad SMARTS) is 1. The van der Waals surface area contributed by atoms with E-state index >= 15 is 0 Å². The number of hydrogen-bond acceptors (Lipinski definition) is 3. The Morgan fingerprint density at radius 2 is 2.11 bits per heavy atom. The van der Waals surface area contributed by atoms with Crippen LogP contribution in [0.4, 0.5) is 18.9 Å². The number of alkyl halides is 3. The first-order valence-electron chi connectivity index (χ1n) is 5.65. The molecule has 1 aromatic carbocycles. The van der Waals surface area contributed by atoms with Gasteiger partial charge in [0.05, 0.1) is 12.0 Å². The molecule has 106 valence electrons. The van der Waals surface area contributed by atoms with Gasteiger partial charge in [-0.1, -0.05) is 13.0 Å². The molecule has 0 fully saturated rings. The largest absolute Gasteiger partial charge is 0.478 e. The van der Waals surface area contributed by atoms with E-state index in [4.69, 9.17) is 5.11 Å². The summed E-state index contributed by atoms with van der Waals surface area (Å²) in [4.78, 5) is 11.8. The van der Waals surface area contributed by atoms with E-state index in [0.717, 1.165) is 0 Å². The van der Waals surface area contributed by atoms with Gasteiger partial charge in [0.1, 0.15) is 0 Å². The van der Waals surface area contributed by atoms with Gasteiger partial charge < -0.3 is 10.4 Å². The summed E-state index contributed by atoms with van der Waals surface area (Å²) in [5.41, 5.74) is 0.242. The Kier molecular flexibility index (Phi) is 5.53. The Morgan fingerprint density at radius 3 is 2.63 bits per heavy atom. The summed E-state index contributed by atoms with van der Waals surface area (Å²) in [6, 6.07) is 4.74. The Hall–Kier alpha value is -1.37. The van der Waals surface area contributed by atoms with E-state index in [1.807, 2.05) is 6.92 Å². The lowest BCUT2D eigenvalue weighted by atomic mass is 10.1. The van der Waals surface area contributed by atoms with Crippen LogP contribution < -0.4 is 5.32 Å². The molecule has 0 aromatic heterocycles. The molecule has 0 saturated carbocycles.